The summed E-state index contributed by atoms with van der Waals surface area (Å²) >= 11 is 0.862. The van der Waals surface area contributed by atoms with Crippen molar-refractivity contribution < 1.29 is 23.9 Å². The number of ether oxygens (including phenoxy) is 1. The van der Waals surface area contributed by atoms with E-state index in [2.05, 4.69) is 0 Å². The molecule has 0 atom stereocenters. The Morgan fingerprint density at radius 2 is 1.74 bits per heavy atom. The maximum Gasteiger partial charge on any atom is 0.338 e. The lowest BCUT2D eigenvalue weighted by Crippen LogP contribution is -2.44. The van der Waals surface area contributed by atoms with Gasteiger partial charge in [0.05, 0.1) is 17.1 Å². The smallest absolute Gasteiger partial charge is 0.338 e. The van der Waals surface area contributed by atoms with Crippen molar-refractivity contribution >= 4 is 40.9 Å². The number of likely N-dealkylation sites (tertiary alicyclic amines) is 1. The summed E-state index contributed by atoms with van der Waals surface area (Å²) < 4.78 is 7.06. The number of benzene rings is 1. The normalized spacial score (nSPS) is 17.4. The van der Waals surface area contributed by atoms with Gasteiger partial charge in [-0.3, -0.25) is 19.3 Å². The second-order valence-electron chi connectivity index (χ2n) is 8.64. The number of esters is 1. The van der Waals surface area contributed by atoms with Gasteiger partial charge in [0, 0.05) is 30.2 Å². The van der Waals surface area contributed by atoms with E-state index in [1.54, 1.807) is 30.0 Å². The molecule has 2 aromatic rings. The number of piperidine rings is 1. The summed E-state index contributed by atoms with van der Waals surface area (Å²) in [5, 5.41) is -0.421. The molecule has 0 unspecified atom stereocenters. The zero-order valence-corrected chi connectivity index (χ0v) is 21.0. The van der Waals surface area contributed by atoms with Gasteiger partial charge in [0.15, 0.2) is 0 Å². The van der Waals surface area contributed by atoms with Crippen molar-refractivity contribution in [2.24, 2.45) is 0 Å². The van der Waals surface area contributed by atoms with Crippen molar-refractivity contribution in [3.63, 3.8) is 0 Å². The fraction of sp³-hybridized carbons (Fsp3) is 0.385. The van der Waals surface area contributed by atoms with Gasteiger partial charge in [0.2, 0.25) is 5.91 Å². The number of hydrogen-bond acceptors (Lipinski definition) is 6. The van der Waals surface area contributed by atoms with Crippen LogP contribution in [0.25, 0.3) is 11.8 Å². The van der Waals surface area contributed by atoms with Crippen LogP contribution in [0.5, 0.6) is 0 Å². The number of aryl methyl sites for hydroxylation is 1. The first-order valence-corrected chi connectivity index (χ1v) is 12.6. The minimum absolute atomic E-state index is 0.183. The van der Waals surface area contributed by atoms with Gasteiger partial charge < -0.3 is 14.2 Å². The molecular weight excluding hydrogens is 466 g/mol. The first-order chi connectivity index (χ1) is 16.8. The van der Waals surface area contributed by atoms with Gasteiger partial charge in [-0.2, -0.15) is 0 Å². The van der Waals surface area contributed by atoms with Crippen molar-refractivity contribution in [2.75, 3.05) is 26.2 Å². The highest BCUT2D eigenvalue weighted by atomic mass is 32.2. The predicted molar refractivity (Wildman–Crippen MR) is 134 cm³/mol. The average Bonchev–Trinajstić information content (AvgIpc) is 3.28. The maximum atomic E-state index is 13.0. The van der Waals surface area contributed by atoms with Crippen LogP contribution in [0.4, 0.5) is 4.79 Å². The fourth-order valence-electron chi connectivity index (χ4n) is 4.45. The zero-order chi connectivity index (χ0) is 25.1. The minimum atomic E-state index is -0.436. The molecule has 3 amide bonds. The number of rotatable bonds is 6. The van der Waals surface area contributed by atoms with Crippen LogP contribution >= 0.6 is 11.8 Å². The fourth-order valence-corrected chi connectivity index (χ4v) is 5.28. The molecule has 184 valence electrons. The number of carbonyl (C=O) groups is 4. The van der Waals surface area contributed by atoms with Crippen LogP contribution in [0.3, 0.4) is 0 Å². The molecule has 1 aromatic carbocycles. The molecule has 0 radical (unpaired) electrons. The quantitative estimate of drug-likeness (QED) is 0.438. The highest BCUT2D eigenvalue weighted by molar-refractivity contribution is 8.18. The number of imide groups is 1. The minimum Gasteiger partial charge on any atom is -0.462 e. The summed E-state index contributed by atoms with van der Waals surface area (Å²) in [6, 6.07) is 9.07. The summed E-state index contributed by atoms with van der Waals surface area (Å²) in [7, 11) is 0. The SMILES string of the molecule is CCOC(=O)c1ccc(-n2c(C)cc(C=C3SC(=O)N(CC(=O)N4CCCCC4)C3=O)c2C)cc1. The van der Waals surface area contributed by atoms with E-state index in [9.17, 15) is 19.2 Å². The van der Waals surface area contributed by atoms with Crippen LogP contribution in [-0.4, -0.2) is 63.6 Å². The largest absolute Gasteiger partial charge is 0.462 e. The summed E-state index contributed by atoms with van der Waals surface area (Å²) in [5.41, 5.74) is 3.99. The molecule has 0 bridgehead atoms. The summed E-state index contributed by atoms with van der Waals surface area (Å²) in [5.74, 6) is -0.984. The number of thioether (sulfide) groups is 1. The molecule has 35 heavy (non-hydrogen) atoms. The van der Waals surface area contributed by atoms with Gasteiger partial charge in [-0.25, -0.2) is 4.79 Å². The van der Waals surface area contributed by atoms with Crippen LogP contribution in [0.2, 0.25) is 0 Å². The van der Waals surface area contributed by atoms with Crippen molar-refractivity contribution in [3.05, 3.63) is 57.8 Å². The molecule has 0 aliphatic carbocycles. The molecule has 4 rings (SSSR count). The number of amides is 3. The standard InChI is InChI=1S/C26H29N3O5S/c1-4-34-25(32)19-8-10-21(11-9-19)29-17(2)14-20(18(29)3)15-22-24(31)28(26(33)35-22)16-23(30)27-12-6-5-7-13-27/h8-11,14-15H,4-7,12-13,16H2,1-3H3. The van der Waals surface area contributed by atoms with Crippen LogP contribution in [0, 0.1) is 13.8 Å². The van der Waals surface area contributed by atoms with E-state index in [0.717, 1.165) is 58.6 Å². The summed E-state index contributed by atoms with van der Waals surface area (Å²) in [6.07, 6.45) is 4.72. The summed E-state index contributed by atoms with van der Waals surface area (Å²) in [4.78, 5) is 53.1. The van der Waals surface area contributed by atoms with Crippen LogP contribution < -0.4 is 0 Å². The van der Waals surface area contributed by atoms with E-state index in [4.69, 9.17) is 4.74 Å². The Labute approximate surface area is 208 Å². The number of carbonyl (C=O) groups excluding carboxylic acids is 4. The Bertz CT molecular complexity index is 1190. The van der Waals surface area contributed by atoms with Gasteiger partial charge in [0.25, 0.3) is 11.1 Å². The third kappa shape index (κ3) is 5.19. The molecule has 0 saturated carbocycles. The number of nitrogens with zero attached hydrogens (tertiary/aromatic N) is 3. The highest BCUT2D eigenvalue weighted by Gasteiger charge is 2.37. The molecule has 2 aliphatic rings. The third-order valence-corrected chi connectivity index (χ3v) is 7.18. The van der Waals surface area contributed by atoms with E-state index in [1.165, 1.54) is 0 Å². The first-order valence-electron chi connectivity index (χ1n) is 11.8. The third-order valence-electron chi connectivity index (χ3n) is 6.27. The molecule has 3 heterocycles. The van der Waals surface area contributed by atoms with Gasteiger partial charge in [-0.15, -0.1) is 0 Å². The van der Waals surface area contributed by atoms with Gasteiger partial charge in [0.1, 0.15) is 6.54 Å². The molecule has 0 spiro atoms. The monoisotopic (exact) mass is 495 g/mol. The number of aromatic nitrogens is 1. The number of hydrogen-bond donors (Lipinski definition) is 0. The van der Waals surface area contributed by atoms with Gasteiger partial charge in [-0.1, -0.05) is 0 Å². The second-order valence-corrected chi connectivity index (χ2v) is 9.63. The molecule has 2 aliphatic heterocycles. The molecule has 2 saturated heterocycles. The predicted octanol–water partition coefficient (Wildman–Crippen LogP) is 4.32. The summed E-state index contributed by atoms with van der Waals surface area (Å²) in [6.45, 7) is 7.11. The van der Waals surface area contributed by atoms with Crippen molar-refractivity contribution in [3.8, 4) is 5.69 Å². The Kier molecular flexibility index (Phi) is 7.45. The van der Waals surface area contributed by atoms with Crippen LogP contribution in [-0.2, 0) is 14.3 Å². The molecule has 8 nitrogen and oxygen atoms in total. The molecule has 1 aromatic heterocycles. The average molecular weight is 496 g/mol. The van der Waals surface area contributed by atoms with Crippen LogP contribution in [0.1, 0.15) is 53.5 Å². The van der Waals surface area contributed by atoms with Crippen molar-refractivity contribution in [1.29, 1.82) is 0 Å². The van der Waals surface area contributed by atoms with E-state index in [0.29, 0.717) is 30.2 Å². The lowest BCUT2D eigenvalue weighted by Gasteiger charge is -2.27. The van der Waals surface area contributed by atoms with E-state index in [-0.39, 0.29) is 18.4 Å². The van der Waals surface area contributed by atoms with Crippen molar-refractivity contribution in [2.45, 2.75) is 40.0 Å². The van der Waals surface area contributed by atoms with E-state index >= 15 is 0 Å². The Balaban J connectivity index is 1.52. The van der Waals surface area contributed by atoms with E-state index in [1.807, 2.05) is 36.6 Å². The molecular formula is C26H29N3O5S. The Morgan fingerprint density at radius 1 is 1.06 bits per heavy atom. The van der Waals surface area contributed by atoms with Gasteiger partial charge in [-0.05, 0) is 93.8 Å². The van der Waals surface area contributed by atoms with Crippen LogP contribution in [0.15, 0.2) is 35.2 Å². The Hall–Kier alpha value is -3.33. The van der Waals surface area contributed by atoms with E-state index < -0.39 is 11.1 Å². The zero-order valence-electron chi connectivity index (χ0n) is 20.2. The molecule has 2 fully saturated rings. The first kappa shape index (κ1) is 24.8. The Morgan fingerprint density at radius 3 is 2.40 bits per heavy atom. The lowest BCUT2D eigenvalue weighted by molar-refractivity contribution is -0.136. The lowest BCUT2D eigenvalue weighted by atomic mass is 10.1. The molecule has 9 heteroatoms. The topological polar surface area (TPSA) is 88.9 Å². The van der Waals surface area contributed by atoms with Gasteiger partial charge >= 0.3 is 5.97 Å². The molecule has 0 N–H and O–H groups in total. The second kappa shape index (κ2) is 10.5. The highest BCUT2D eigenvalue weighted by Crippen LogP contribution is 2.34. The van der Waals surface area contributed by atoms with Crippen molar-refractivity contribution in [1.82, 2.24) is 14.4 Å². The maximum absolute atomic E-state index is 13.0.